The molecule has 1 aliphatic rings. The molecule has 5 rings (SSSR count). The number of fused-ring (bicyclic) bond motifs is 1. The summed E-state index contributed by atoms with van der Waals surface area (Å²) in [6, 6.07) is 15.6. The summed E-state index contributed by atoms with van der Waals surface area (Å²) in [7, 11) is 1.64. The summed E-state index contributed by atoms with van der Waals surface area (Å²) in [6.45, 7) is 3.52. The summed E-state index contributed by atoms with van der Waals surface area (Å²) in [4.78, 5) is 24.8. The Morgan fingerprint density at radius 3 is 2.66 bits per heavy atom. The standard InChI is InChI=1S/C24H25N5O3/c1-31-19-8-6-17(7-9-19)24-26-22(32-27-24)16-28-10-12-29(13-11-28)23(30)14-18-15-25-21-5-3-2-4-20(18)21/h2-9,15,25H,10-14,16H2,1H3. The van der Waals surface area contributed by atoms with Crippen molar-refractivity contribution in [2.45, 2.75) is 13.0 Å². The van der Waals surface area contributed by atoms with Crippen molar-refractivity contribution in [3.63, 3.8) is 0 Å². The Labute approximate surface area is 185 Å². The van der Waals surface area contributed by atoms with Crippen molar-refractivity contribution in [1.82, 2.24) is 24.9 Å². The van der Waals surface area contributed by atoms with Gasteiger partial charge in [0, 0.05) is 48.8 Å². The van der Waals surface area contributed by atoms with Crippen LogP contribution in [0, 0.1) is 0 Å². The highest BCUT2D eigenvalue weighted by Gasteiger charge is 2.23. The SMILES string of the molecule is COc1ccc(-c2noc(CN3CCN(C(=O)Cc4c[nH]c5ccccc45)CC3)n2)cc1. The van der Waals surface area contributed by atoms with E-state index in [1.165, 1.54) is 0 Å². The number of aromatic amines is 1. The lowest BCUT2D eigenvalue weighted by Gasteiger charge is -2.34. The Morgan fingerprint density at radius 2 is 1.88 bits per heavy atom. The molecule has 0 aliphatic carbocycles. The van der Waals surface area contributed by atoms with E-state index in [2.05, 4.69) is 26.1 Å². The van der Waals surface area contributed by atoms with Gasteiger partial charge in [-0.15, -0.1) is 0 Å². The maximum Gasteiger partial charge on any atom is 0.241 e. The van der Waals surface area contributed by atoms with Gasteiger partial charge in [0.25, 0.3) is 0 Å². The van der Waals surface area contributed by atoms with E-state index in [-0.39, 0.29) is 5.91 Å². The Balaban J connectivity index is 1.15. The maximum atomic E-state index is 12.8. The molecule has 1 amide bonds. The summed E-state index contributed by atoms with van der Waals surface area (Å²) >= 11 is 0. The number of ether oxygens (including phenoxy) is 1. The van der Waals surface area contributed by atoms with Crippen molar-refractivity contribution < 1.29 is 14.1 Å². The number of aromatic nitrogens is 3. The molecule has 2 aromatic carbocycles. The minimum atomic E-state index is 0.161. The van der Waals surface area contributed by atoms with Gasteiger partial charge in [0.2, 0.25) is 17.6 Å². The van der Waals surface area contributed by atoms with Gasteiger partial charge in [-0.3, -0.25) is 9.69 Å². The van der Waals surface area contributed by atoms with Gasteiger partial charge in [0.05, 0.1) is 20.1 Å². The second kappa shape index (κ2) is 8.84. The van der Waals surface area contributed by atoms with Crippen LogP contribution >= 0.6 is 0 Å². The molecule has 1 saturated heterocycles. The minimum absolute atomic E-state index is 0.161. The third kappa shape index (κ3) is 4.22. The quantitative estimate of drug-likeness (QED) is 0.505. The molecule has 0 radical (unpaired) electrons. The van der Waals surface area contributed by atoms with E-state index in [1.807, 2.05) is 53.6 Å². The summed E-state index contributed by atoms with van der Waals surface area (Å²) in [6.07, 6.45) is 2.35. The first-order valence-electron chi connectivity index (χ1n) is 10.7. The highest BCUT2D eigenvalue weighted by Crippen LogP contribution is 2.21. The maximum absolute atomic E-state index is 12.8. The van der Waals surface area contributed by atoms with Crippen LogP contribution in [0.2, 0.25) is 0 Å². The van der Waals surface area contributed by atoms with Crippen LogP contribution in [0.1, 0.15) is 11.5 Å². The Kier molecular flexibility index (Phi) is 5.60. The lowest BCUT2D eigenvalue weighted by atomic mass is 10.1. The van der Waals surface area contributed by atoms with Crippen molar-refractivity contribution in [1.29, 1.82) is 0 Å². The average molecular weight is 431 g/mol. The number of piperazine rings is 1. The first-order valence-corrected chi connectivity index (χ1v) is 10.7. The van der Waals surface area contributed by atoms with Gasteiger partial charge in [0.15, 0.2) is 0 Å². The molecule has 32 heavy (non-hydrogen) atoms. The highest BCUT2D eigenvalue weighted by molar-refractivity contribution is 5.88. The number of para-hydroxylation sites is 1. The fourth-order valence-corrected chi connectivity index (χ4v) is 4.08. The van der Waals surface area contributed by atoms with E-state index in [4.69, 9.17) is 9.26 Å². The molecule has 8 heteroatoms. The topological polar surface area (TPSA) is 87.5 Å². The molecular weight excluding hydrogens is 406 g/mol. The van der Waals surface area contributed by atoms with Crippen molar-refractivity contribution in [2.75, 3.05) is 33.3 Å². The number of nitrogens with zero attached hydrogens (tertiary/aromatic N) is 4. The molecule has 0 bridgehead atoms. The van der Waals surface area contributed by atoms with Crippen LogP contribution in [0.25, 0.3) is 22.3 Å². The molecule has 0 atom stereocenters. The number of nitrogens with one attached hydrogen (secondary N) is 1. The number of carbonyl (C=O) groups excluding carboxylic acids is 1. The molecule has 0 unspecified atom stereocenters. The third-order valence-electron chi connectivity index (χ3n) is 5.92. The van der Waals surface area contributed by atoms with Gasteiger partial charge < -0.3 is 19.1 Å². The van der Waals surface area contributed by atoms with E-state index in [0.717, 1.165) is 40.9 Å². The Morgan fingerprint density at radius 1 is 1.09 bits per heavy atom. The Bertz CT molecular complexity index is 1210. The molecule has 4 aromatic rings. The number of hydrogen-bond acceptors (Lipinski definition) is 6. The molecule has 0 saturated carbocycles. The zero-order chi connectivity index (χ0) is 21.9. The molecule has 2 aromatic heterocycles. The van der Waals surface area contributed by atoms with Crippen LogP contribution in [0.4, 0.5) is 0 Å². The van der Waals surface area contributed by atoms with Crippen molar-refractivity contribution in [3.05, 3.63) is 66.2 Å². The van der Waals surface area contributed by atoms with Gasteiger partial charge in [-0.1, -0.05) is 23.4 Å². The number of hydrogen-bond donors (Lipinski definition) is 1. The molecule has 0 spiro atoms. The van der Waals surface area contributed by atoms with E-state index in [1.54, 1.807) is 7.11 Å². The zero-order valence-electron chi connectivity index (χ0n) is 18.0. The molecule has 1 N–H and O–H groups in total. The van der Waals surface area contributed by atoms with Gasteiger partial charge >= 0.3 is 0 Å². The minimum Gasteiger partial charge on any atom is -0.497 e. The van der Waals surface area contributed by atoms with Crippen LogP contribution in [-0.2, 0) is 17.8 Å². The van der Waals surface area contributed by atoms with Crippen molar-refractivity contribution in [3.8, 4) is 17.1 Å². The molecule has 8 nitrogen and oxygen atoms in total. The second-order valence-electron chi connectivity index (χ2n) is 7.93. The average Bonchev–Trinajstić information content (AvgIpc) is 3.47. The number of amides is 1. The number of H-pyrrole nitrogens is 1. The lowest BCUT2D eigenvalue weighted by Crippen LogP contribution is -2.48. The van der Waals surface area contributed by atoms with E-state index in [0.29, 0.717) is 37.8 Å². The second-order valence-corrected chi connectivity index (χ2v) is 7.93. The van der Waals surface area contributed by atoms with Crippen LogP contribution in [0.15, 0.2) is 59.3 Å². The lowest BCUT2D eigenvalue weighted by molar-refractivity contribution is -0.132. The fourth-order valence-electron chi connectivity index (χ4n) is 4.08. The molecule has 164 valence electrons. The predicted molar refractivity (Wildman–Crippen MR) is 120 cm³/mol. The summed E-state index contributed by atoms with van der Waals surface area (Å²) in [5, 5.41) is 5.21. The van der Waals surface area contributed by atoms with E-state index >= 15 is 0 Å². The van der Waals surface area contributed by atoms with E-state index < -0.39 is 0 Å². The molecule has 1 fully saturated rings. The van der Waals surface area contributed by atoms with Crippen LogP contribution < -0.4 is 4.74 Å². The third-order valence-corrected chi connectivity index (χ3v) is 5.92. The number of methoxy groups -OCH3 is 1. The first kappa shape index (κ1) is 20.3. The van der Waals surface area contributed by atoms with Gasteiger partial charge in [-0.05, 0) is 35.9 Å². The van der Waals surface area contributed by atoms with E-state index in [9.17, 15) is 4.79 Å². The summed E-state index contributed by atoms with van der Waals surface area (Å²) in [5.41, 5.74) is 2.99. The largest absolute Gasteiger partial charge is 0.497 e. The smallest absolute Gasteiger partial charge is 0.241 e. The highest BCUT2D eigenvalue weighted by atomic mass is 16.5. The van der Waals surface area contributed by atoms with Crippen molar-refractivity contribution in [2.24, 2.45) is 0 Å². The van der Waals surface area contributed by atoms with Gasteiger partial charge in [0.1, 0.15) is 5.75 Å². The molecular formula is C24H25N5O3. The summed E-state index contributed by atoms with van der Waals surface area (Å²) < 4.78 is 10.6. The van der Waals surface area contributed by atoms with Gasteiger partial charge in [-0.2, -0.15) is 4.98 Å². The first-order chi connectivity index (χ1) is 15.7. The molecule has 3 heterocycles. The fraction of sp³-hybridized carbons (Fsp3) is 0.292. The van der Waals surface area contributed by atoms with Crippen LogP contribution in [0.5, 0.6) is 5.75 Å². The van der Waals surface area contributed by atoms with Crippen LogP contribution in [0.3, 0.4) is 0 Å². The van der Waals surface area contributed by atoms with Gasteiger partial charge in [-0.25, -0.2) is 0 Å². The zero-order valence-corrected chi connectivity index (χ0v) is 18.0. The number of rotatable bonds is 6. The van der Waals surface area contributed by atoms with Crippen LogP contribution in [-0.4, -0.2) is 64.1 Å². The normalized spacial score (nSPS) is 14.7. The molecule has 1 aliphatic heterocycles. The number of benzene rings is 2. The number of carbonyl (C=O) groups is 1. The predicted octanol–water partition coefficient (Wildman–Crippen LogP) is 3.11. The Hall–Kier alpha value is -3.65. The monoisotopic (exact) mass is 431 g/mol. The van der Waals surface area contributed by atoms with Crippen molar-refractivity contribution >= 4 is 16.8 Å². The summed E-state index contributed by atoms with van der Waals surface area (Å²) in [5.74, 6) is 2.09.